The van der Waals surface area contributed by atoms with E-state index >= 15 is 0 Å². The highest BCUT2D eigenvalue weighted by Crippen LogP contribution is 2.41. The van der Waals surface area contributed by atoms with E-state index in [4.69, 9.17) is 11.6 Å². The van der Waals surface area contributed by atoms with Crippen molar-refractivity contribution >= 4 is 23.4 Å². The van der Waals surface area contributed by atoms with Crippen LogP contribution in [0.2, 0.25) is 0 Å². The van der Waals surface area contributed by atoms with Crippen LogP contribution in [-0.4, -0.2) is 11.4 Å². The van der Waals surface area contributed by atoms with Crippen LogP contribution in [0, 0.1) is 0 Å². The molecular weight excluding hydrogens is 295 g/mol. The first-order valence-corrected chi connectivity index (χ1v) is 6.41. The Hall–Kier alpha value is -0.490. The lowest BCUT2D eigenvalue weighted by molar-refractivity contribution is -0.0329. The van der Waals surface area contributed by atoms with Gasteiger partial charge in [0.25, 0.3) is 6.43 Å². The summed E-state index contributed by atoms with van der Waals surface area (Å²) in [4.78, 5) is -0.440. The van der Waals surface area contributed by atoms with Gasteiger partial charge in [0.05, 0.1) is 0 Å². The Labute approximate surface area is 111 Å². The fourth-order valence-corrected chi connectivity index (χ4v) is 2.27. The van der Waals surface area contributed by atoms with Crippen molar-refractivity contribution in [3.63, 3.8) is 0 Å². The summed E-state index contributed by atoms with van der Waals surface area (Å²) >= 11 is 4.96. The van der Waals surface area contributed by atoms with Crippen LogP contribution < -0.4 is 0 Å². The lowest BCUT2D eigenvalue weighted by Gasteiger charge is -2.12. The van der Waals surface area contributed by atoms with E-state index < -0.39 is 34.2 Å². The number of benzene rings is 1. The molecular formula is C11H10ClF5S. The van der Waals surface area contributed by atoms with Gasteiger partial charge in [-0.15, -0.1) is 11.6 Å². The van der Waals surface area contributed by atoms with Crippen molar-refractivity contribution in [3.8, 4) is 0 Å². The highest BCUT2D eigenvalue weighted by atomic mass is 35.5. The first-order valence-electron chi connectivity index (χ1n) is 5.06. The van der Waals surface area contributed by atoms with E-state index in [1.165, 1.54) is 6.07 Å². The molecule has 0 fully saturated rings. The van der Waals surface area contributed by atoms with Crippen LogP contribution in [0.1, 0.15) is 24.0 Å². The third-order valence-corrected chi connectivity index (χ3v) is 3.21. The van der Waals surface area contributed by atoms with Gasteiger partial charge in [0, 0.05) is 16.3 Å². The smallest absolute Gasteiger partial charge is 0.205 e. The van der Waals surface area contributed by atoms with Gasteiger partial charge in [-0.3, -0.25) is 0 Å². The molecule has 0 bridgehead atoms. The summed E-state index contributed by atoms with van der Waals surface area (Å²) in [6.45, 7) is 0. The molecule has 1 rings (SSSR count). The van der Waals surface area contributed by atoms with Crippen molar-refractivity contribution < 1.29 is 22.0 Å². The quantitative estimate of drug-likeness (QED) is 0.398. The fourth-order valence-electron chi connectivity index (χ4n) is 1.40. The summed E-state index contributed by atoms with van der Waals surface area (Å²) in [7, 11) is 0. The molecule has 1 aromatic carbocycles. The number of hydrogen-bond acceptors (Lipinski definition) is 1. The minimum atomic E-state index is -4.57. The maximum Gasteiger partial charge on any atom is 0.446 e. The van der Waals surface area contributed by atoms with Crippen molar-refractivity contribution in [1.82, 2.24) is 0 Å². The van der Waals surface area contributed by atoms with Gasteiger partial charge in [-0.25, -0.2) is 8.78 Å². The van der Waals surface area contributed by atoms with Crippen LogP contribution in [0.4, 0.5) is 22.0 Å². The average molecular weight is 305 g/mol. The number of halogens is 6. The number of thioether (sulfide) groups is 1. The highest BCUT2D eigenvalue weighted by molar-refractivity contribution is 8.00. The van der Waals surface area contributed by atoms with E-state index in [2.05, 4.69) is 0 Å². The normalized spacial score (nSPS) is 12.2. The second-order valence-corrected chi connectivity index (χ2v) is 5.00. The molecule has 0 heterocycles. The van der Waals surface area contributed by atoms with E-state index in [0.29, 0.717) is 24.3 Å². The van der Waals surface area contributed by atoms with Gasteiger partial charge in [-0.05, 0) is 36.2 Å². The second-order valence-electron chi connectivity index (χ2n) is 3.51. The van der Waals surface area contributed by atoms with E-state index in [-0.39, 0.29) is 0 Å². The molecule has 0 amide bonds. The molecule has 0 atom stereocenters. The van der Waals surface area contributed by atoms with Crippen molar-refractivity contribution in [1.29, 1.82) is 0 Å². The van der Waals surface area contributed by atoms with E-state index in [1.54, 1.807) is 0 Å². The largest absolute Gasteiger partial charge is 0.446 e. The van der Waals surface area contributed by atoms with Gasteiger partial charge in [0.1, 0.15) is 0 Å². The van der Waals surface area contributed by atoms with Crippen molar-refractivity contribution in [2.24, 2.45) is 0 Å². The van der Waals surface area contributed by atoms with E-state index in [0.717, 1.165) is 12.1 Å². The van der Waals surface area contributed by atoms with Gasteiger partial charge < -0.3 is 0 Å². The van der Waals surface area contributed by atoms with Gasteiger partial charge in [-0.1, -0.05) is 12.1 Å². The van der Waals surface area contributed by atoms with Crippen LogP contribution >= 0.6 is 23.4 Å². The zero-order valence-electron chi connectivity index (χ0n) is 9.11. The van der Waals surface area contributed by atoms with Gasteiger partial charge >= 0.3 is 5.51 Å². The molecule has 1 aromatic rings. The molecule has 0 unspecified atom stereocenters. The molecule has 102 valence electrons. The topological polar surface area (TPSA) is 0 Å². The lowest BCUT2D eigenvalue weighted by atomic mass is 10.1. The van der Waals surface area contributed by atoms with E-state index in [9.17, 15) is 22.0 Å². The van der Waals surface area contributed by atoms with Gasteiger partial charge in [0.2, 0.25) is 0 Å². The monoisotopic (exact) mass is 304 g/mol. The Balaban J connectivity index is 3.00. The molecule has 0 saturated heterocycles. The average Bonchev–Trinajstić information content (AvgIpc) is 2.23. The first-order chi connectivity index (χ1) is 8.33. The van der Waals surface area contributed by atoms with Crippen LogP contribution in [-0.2, 0) is 6.42 Å². The predicted octanol–water partition coefficient (Wildman–Crippen LogP) is 5.41. The number of aryl methyl sites for hydroxylation is 1. The zero-order valence-corrected chi connectivity index (χ0v) is 10.7. The molecule has 0 aromatic heterocycles. The first kappa shape index (κ1) is 15.6. The molecule has 0 radical (unpaired) electrons. The summed E-state index contributed by atoms with van der Waals surface area (Å²) in [5.74, 6) is 0.373. The van der Waals surface area contributed by atoms with Gasteiger partial charge in [-0.2, -0.15) is 13.2 Å². The molecule has 18 heavy (non-hydrogen) atoms. The Bertz CT molecular complexity index is 392. The minimum absolute atomic E-state index is 0.373. The SMILES string of the molecule is FC(F)c1ccc(CCCCl)cc1SC(F)(F)F. The standard InChI is InChI=1S/C11H10ClF5S/c12-5-1-2-7-3-4-8(10(13)14)9(6-7)18-11(15,16)17/h3-4,6,10H,1-2,5H2. The van der Waals surface area contributed by atoms with Crippen LogP contribution in [0.25, 0.3) is 0 Å². The minimum Gasteiger partial charge on any atom is -0.205 e. The molecule has 0 aliphatic carbocycles. The van der Waals surface area contributed by atoms with E-state index in [1.807, 2.05) is 0 Å². The fraction of sp³-hybridized carbons (Fsp3) is 0.455. The van der Waals surface area contributed by atoms with Crippen LogP contribution in [0.3, 0.4) is 0 Å². The molecule has 0 spiro atoms. The van der Waals surface area contributed by atoms with Gasteiger partial charge in [0.15, 0.2) is 0 Å². The number of hydrogen-bond donors (Lipinski definition) is 0. The highest BCUT2D eigenvalue weighted by Gasteiger charge is 2.31. The summed E-state index contributed by atoms with van der Waals surface area (Å²) in [5, 5.41) is 0. The Morgan fingerprint density at radius 2 is 1.89 bits per heavy atom. The summed E-state index contributed by atoms with van der Waals surface area (Å²) in [5.41, 5.74) is -4.59. The Morgan fingerprint density at radius 1 is 1.22 bits per heavy atom. The maximum absolute atomic E-state index is 12.6. The van der Waals surface area contributed by atoms with Crippen LogP contribution in [0.5, 0.6) is 0 Å². The molecule has 0 aliphatic rings. The predicted molar refractivity (Wildman–Crippen MR) is 62.4 cm³/mol. The number of rotatable bonds is 5. The van der Waals surface area contributed by atoms with Crippen molar-refractivity contribution in [2.75, 3.05) is 5.88 Å². The summed E-state index contributed by atoms with van der Waals surface area (Å²) < 4.78 is 62.0. The second kappa shape index (κ2) is 6.61. The molecule has 0 aliphatic heterocycles. The maximum atomic E-state index is 12.6. The third-order valence-electron chi connectivity index (χ3n) is 2.14. The molecule has 0 saturated carbocycles. The lowest BCUT2D eigenvalue weighted by Crippen LogP contribution is -2.02. The Morgan fingerprint density at radius 3 is 2.39 bits per heavy atom. The third kappa shape index (κ3) is 5.02. The zero-order chi connectivity index (χ0) is 13.8. The van der Waals surface area contributed by atoms with Crippen LogP contribution in [0.15, 0.2) is 23.1 Å². The Kier molecular flexibility index (Phi) is 5.72. The van der Waals surface area contributed by atoms with Crippen molar-refractivity contribution in [3.05, 3.63) is 29.3 Å². The molecule has 0 N–H and O–H groups in total. The molecule has 0 nitrogen and oxygen atoms in total. The molecule has 7 heteroatoms. The van der Waals surface area contributed by atoms with Crippen molar-refractivity contribution in [2.45, 2.75) is 29.7 Å². The summed E-state index contributed by atoms with van der Waals surface area (Å²) in [6.07, 6.45) is -1.86. The number of alkyl halides is 6. The summed E-state index contributed by atoms with van der Waals surface area (Å²) in [6, 6.07) is 3.61.